The number of hydrogen-bond acceptors (Lipinski definition) is 3. The Morgan fingerprint density at radius 1 is 1.30 bits per heavy atom. The predicted molar refractivity (Wildman–Crippen MR) is 79.7 cm³/mol. The van der Waals surface area contributed by atoms with Gasteiger partial charge in [-0.05, 0) is 53.8 Å². The molecule has 2 atom stereocenters. The van der Waals surface area contributed by atoms with Gasteiger partial charge in [-0.2, -0.15) is 0 Å². The molecule has 1 aromatic carbocycles. The molecule has 2 aromatic rings. The summed E-state index contributed by atoms with van der Waals surface area (Å²) in [6, 6.07) is 10.0. The van der Waals surface area contributed by atoms with Crippen LogP contribution < -0.4 is 5.32 Å². The SMILES string of the molecule is OC(CNC1CCc2cc(Cl)ccc21)c1ccncc1. The first-order valence-electron chi connectivity index (χ1n) is 6.84. The lowest BCUT2D eigenvalue weighted by atomic mass is 10.1. The molecule has 1 aromatic heterocycles. The number of aromatic nitrogens is 1. The second-order valence-corrected chi connectivity index (χ2v) is 5.58. The monoisotopic (exact) mass is 288 g/mol. The lowest BCUT2D eigenvalue weighted by Crippen LogP contribution is -2.25. The third-order valence-corrected chi connectivity index (χ3v) is 4.07. The summed E-state index contributed by atoms with van der Waals surface area (Å²) in [4.78, 5) is 3.96. The van der Waals surface area contributed by atoms with E-state index >= 15 is 0 Å². The molecular weight excluding hydrogens is 272 g/mol. The summed E-state index contributed by atoms with van der Waals surface area (Å²) >= 11 is 6.01. The Bertz CT molecular complexity index is 588. The van der Waals surface area contributed by atoms with Crippen molar-refractivity contribution in [3.8, 4) is 0 Å². The van der Waals surface area contributed by atoms with Crippen molar-refractivity contribution in [2.24, 2.45) is 0 Å². The highest BCUT2D eigenvalue weighted by atomic mass is 35.5. The fraction of sp³-hybridized carbons (Fsp3) is 0.312. The molecule has 1 heterocycles. The highest BCUT2D eigenvalue weighted by Crippen LogP contribution is 2.33. The molecule has 0 radical (unpaired) electrons. The third kappa shape index (κ3) is 2.85. The van der Waals surface area contributed by atoms with Crippen molar-refractivity contribution < 1.29 is 5.11 Å². The molecule has 104 valence electrons. The van der Waals surface area contributed by atoms with Gasteiger partial charge < -0.3 is 10.4 Å². The van der Waals surface area contributed by atoms with E-state index in [9.17, 15) is 5.11 Å². The van der Waals surface area contributed by atoms with Gasteiger partial charge in [-0.3, -0.25) is 4.98 Å². The Hall–Kier alpha value is -1.42. The van der Waals surface area contributed by atoms with Crippen LogP contribution in [0.5, 0.6) is 0 Å². The van der Waals surface area contributed by atoms with Crippen LogP contribution >= 0.6 is 11.6 Å². The first-order chi connectivity index (χ1) is 9.74. The molecule has 0 spiro atoms. The number of pyridine rings is 1. The van der Waals surface area contributed by atoms with E-state index < -0.39 is 6.10 Å². The summed E-state index contributed by atoms with van der Waals surface area (Å²) in [5.74, 6) is 0. The maximum absolute atomic E-state index is 10.2. The van der Waals surface area contributed by atoms with E-state index in [1.807, 2.05) is 24.3 Å². The summed E-state index contributed by atoms with van der Waals surface area (Å²) in [6.45, 7) is 0.538. The minimum Gasteiger partial charge on any atom is -0.387 e. The van der Waals surface area contributed by atoms with Gasteiger partial charge in [-0.1, -0.05) is 17.7 Å². The Labute approximate surface area is 123 Å². The summed E-state index contributed by atoms with van der Waals surface area (Å²) in [7, 11) is 0. The number of hydrogen-bond donors (Lipinski definition) is 2. The van der Waals surface area contributed by atoms with Crippen molar-refractivity contribution in [1.82, 2.24) is 10.3 Å². The quantitative estimate of drug-likeness (QED) is 0.909. The van der Waals surface area contributed by atoms with E-state index in [1.54, 1.807) is 12.4 Å². The van der Waals surface area contributed by atoms with Crippen LogP contribution in [0.1, 0.15) is 35.3 Å². The van der Waals surface area contributed by atoms with Crippen LogP contribution in [0, 0.1) is 0 Å². The van der Waals surface area contributed by atoms with Crippen LogP contribution in [-0.2, 0) is 6.42 Å². The lowest BCUT2D eigenvalue weighted by molar-refractivity contribution is 0.169. The molecule has 0 amide bonds. The number of benzene rings is 1. The smallest absolute Gasteiger partial charge is 0.0915 e. The van der Waals surface area contributed by atoms with E-state index in [4.69, 9.17) is 11.6 Å². The number of rotatable bonds is 4. The Morgan fingerprint density at radius 3 is 2.90 bits per heavy atom. The zero-order valence-corrected chi connectivity index (χ0v) is 11.8. The number of aliphatic hydroxyl groups excluding tert-OH is 1. The molecule has 0 saturated carbocycles. The van der Waals surface area contributed by atoms with Gasteiger partial charge in [0.25, 0.3) is 0 Å². The standard InChI is InChI=1S/C16H17ClN2O/c17-13-2-3-14-12(9-13)1-4-15(14)19-10-16(20)11-5-7-18-8-6-11/h2-3,5-9,15-16,19-20H,1,4,10H2. The molecule has 3 nitrogen and oxygen atoms in total. The fourth-order valence-corrected chi connectivity index (χ4v) is 2.95. The van der Waals surface area contributed by atoms with Crippen molar-refractivity contribution in [2.45, 2.75) is 25.0 Å². The van der Waals surface area contributed by atoms with E-state index in [0.29, 0.717) is 12.6 Å². The number of aryl methyl sites for hydroxylation is 1. The molecule has 0 bridgehead atoms. The molecule has 1 aliphatic carbocycles. The van der Waals surface area contributed by atoms with Crippen molar-refractivity contribution in [3.63, 3.8) is 0 Å². The largest absolute Gasteiger partial charge is 0.387 e. The third-order valence-electron chi connectivity index (χ3n) is 3.83. The fourth-order valence-electron chi connectivity index (χ4n) is 2.76. The first-order valence-corrected chi connectivity index (χ1v) is 7.21. The second-order valence-electron chi connectivity index (χ2n) is 5.14. The Balaban J connectivity index is 1.64. The number of nitrogens with one attached hydrogen (secondary N) is 1. The van der Waals surface area contributed by atoms with Gasteiger partial charge in [0.15, 0.2) is 0 Å². The molecule has 0 aliphatic heterocycles. The van der Waals surface area contributed by atoms with Gasteiger partial charge in [0.1, 0.15) is 0 Å². The first kappa shape index (κ1) is 13.6. The van der Waals surface area contributed by atoms with Crippen LogP contribution in [0.25, 0.3) is 0 Å². The second kappa shape index (κ2) is 5.92. The van der Waals surface area contributed by atoms with Crippen LogP contribution in [0.2, 0.25) is 5.02 Å². The van der Waals surface area contributed by atoms with Gasteiger partial charge in [-0.15, -0.1) is 0 Å². The molecule has 2 N–H and O–H groups in total. The number of nitrogens with zero attached hydrogens (tertiary/aromatic N) is 1. The summed E-state index contributed by atoms with van der Waals surface area (Å²) in [5.41, 5.74) is 3.51. The summed E-state index contributed by atoms with van der Waals surface area (Å²) in [6.07, 6.45) is 4.99. The van der Waals surface area contributed by atoms with Gasteiger partial charge in [0.05, 0.1) is 6.10 Å². The normalized spacial score (nSPS) is 18.8. The highest BCUT2D eigenvalue weighted by Gasteiger charge is 2.22. The van der Waals surface area contributed by atoms with E-state index in [-0.39, 0.29) is 0 Å². The molecule has 20 heavy (non-hydrogen) atoms. The van der Waals surface area contributed by atoms with E-state index in [2.05, 4.69) is 16.4 Å². The van der Waals surface area contributed by atoms with Gasteiger partial charge in [0, 0.05) is 30.0 Å². The highest BCUT2D eigenvalue weighted by molar-refractivity contribution is 6.30. The number of aliphatic hydroxyl groups is 1. The lowest BCUT2D eigenvalue weighted by Gasteiger charge is -2.17. The summed E-state index contributed by atoms with van der Waals surface area (Å²) in [5, 5.41) is 14.4. The molecule has 1 aliphatic rings. The molecule has 4 heteroatoms. The van der Waals surface area contributed by atoms with Gasteiger partial charge >= 0.3 is 0 Å². The van der Waals surface area contributed by atoms with Crippen LogP contribution in [0.4, 0.5) is 0 Å². The van der Waals surface area contributed by atoms with Crippen LogP contribution in [0.15, 0.2) is 42.7 Å². The maximum Gasteiger partial charge on any atom is 0.0915 e. The van der Waals surface area contributed by atoms with E-state index in [0.717, 1.165) is 23.4 Å². The molecule has 0 fully saturated rings. The average molecular weight is 289 g/mol. The van der Waals surface area contributed by atoms with Crippen molar-refractivity contribution >= 4 is 11.6 Å². The minimum absolute atomic E-state index is 0.304. The van der Waals surface area contributed by atoms with Crippen molar-refractivity contribution in [2.75, 3.05) is 6.54 Å². The summed E-state index contributed by atoms with van der Waals surface area (Å²) < 4.78 is 0. The molecule has 2 unspecified atom stereocenters. The van der Waals surface area contributed by atoms with Crippen LogP contribution in [0.3, 0.4) is 0 Å². The zero-order chi connectivity index (χ0) is 13.9. The maximum atomic E-state index is 10.2. The van der Waals surface area contributed by atoms with Crippen molar-refractivity contribution in [1.29, 1.82) is 0 Å². The molecule has 3 rings (SSSR count). The number of halogens is 1. The van der Waals surface area contributed by atoms with Crippen molar-refractivity contribution in [3.05, 3.63) is 64.4 Å². The number of fused-ring (bicyclic) bond motifs is 1. The van der Waals surface area contributed by atoms with Gasteiger partial charge in [-0.25, -0.2) is 0 Å². The average Bonchev–Trinajstić information content (AvgIpc) is 2.88. The van der Waals surface area contributed by atoms with E-state index in [1.165, 1.54) is 11.1 Å². The predicted octanol–water partition coefficient (Wildman–Crippen LogP) is 3.05. The molecular formula is C16H17ClN2O. The Kier molecular flexibility index (Phi) is 4.01. The zero-order valence-electron chi connectivity index (χ0n) is 11.1. The molecule has 0 saturated heterocycles. The Morgan fingerprint density at radius 2 is 2.10 bits per heavy atom. The topological polar surface area (TPSA) is 45.1 Å². The van der Waals surface area contributed by atoms with Gasteiger partial charge in [0.2, 0.25) is 0 Å². The van der Waals surface area contributed by atoms with Crippen LogP contribution in [-0.4, -0.2) is 16.6 Å². The minimum atomic E-state index is -0.505.